The molecule has 5 N–H and O–H groups in total. The second kappa shape index (κ2) is 4.68. The average Bonchev–Trinajstić information content (AvgIpc) is 2.23. The number of benzene rings is 1. The van der Waals surface area contributed by atoms with Crippen molar-refractivity contribution in [2.24, 2.45) is 0 Å². The molecule has 0 heterocycles. The largest absolute Gasteiger partial charge is 0.744 e. The number of rotatable bonds is 3. The maximum atomic E-state index is 10.7. The maximum Gasteiger partial charge on any atom is 0.511 e. The summed E-state index contributed by atoms with van der Waals surface area (Å²) in [5.74, 6) is -7.53. The lowest BCUT2D eigenvalue weighted by molar-refractivity contribution is -0.140. The van der Waals surface area contributed by atoms with Crippen molar-refractivity contribution in [3.05, 3.63) is 0 Å². The average molecular weight is 297 g/mol. The number of phenolic OH excluding ortho intramolecular Hbond substituents is 3. The molecule has 11 nitrogen and oxygen atoms in total. The van der Waals surface area contributed by atoms with Crippen molar-refractivity contribution in [3.63, 3.8) is 0 Å². The van der Waals surface area contributed by atoms with Gasteiger partial charge in [0.05, 0.1) is 0 Å². The summed E-state index contributed by atoms with van der Waals surface area (Å²) in [6.45, 7) is 0. The smallest absolute Gasteiger partial charge is 0.511 e. The maximum absolute atomic E-state index is 10.7. The number of aromatic hydroxyl groups is 3. The first-order valence-corrected chi connectivity index (χ1v) is 5.51. The van der Waals surface area contributed by atoms with Gasteiger partial charge in [-0.25, -0.2) is 18.5 Å². The number of hydrogen-bond donors (Lipinski definition) is 5. The lowest BCUT2D eigenvalue weighted by Gasteiger charge is -2.16. The zero-order chi connectivity index (χ0) is 15.0. The number of carboxylic acid groups (broad SMARTS) is 1. The highest BCUT2D eigenvalue weighted by Gasteiger charge is 2.31. The fourth-order valence-electron chi connectivity index (χ4n) is 1.15. The Balaban J connectivity index is 3.78. The SMILES string of the molecule is O=C(O)Oc1c(O)c(O)c(S(=O)(=O)[O-])c(O)c1OO. The van der Waals surface area contributed by atoms with Crippen LogP contribution < -0.4 is 9.62 Å². The Morgan fingerprint density at radius 1 is 1.05 bits per heavy atom. The summed E-state index contributed by atoms with van der Waals surface area (Å²) in [6, 6.07) is 0. The molecule has 0 atom stereocenters. The predicted molar refractivity (Wildman–Crippen MR) is 51.3 cm³/mol. The molecular weight excluding hydrogens is 292 g/mol. The first-order chi connectivity index (χ1) is 8.61. The minimum atomic E-state index is -5.47. The van der Waals surface area contributed by atoms with Crippen LogP contribution >= 0.6 is 0 Å². The first kappa shape index (κ1) is 14.6. The van der Waals surface area contributed by atoms with E-state index in [1.54, 1.807) is 0 Å². The molecule has 0 saturated carbocycles. The van der Waals surface area contributed by atoms with Gasteiger partial charge in [-0.1, -0.05) is 0 Å². The van der Waals surface area contributed by atoms with E-state index in [9.17, 15) is 33.1 Å². The predicted octanol–water partition coefficient (Wildman–Crippen LogP) is -0.384. The molecule has 0 saturated heterocycles. The molecule has 106 valence electrons. The van der Waals surface area contributed by atoms with E-state index in [-0.39, 0.29) is 0 Å². The van der Waals surface area contributed by atoms with Gasteiger partial charge < -0.3 is 34.6 Å². The zero-order valence-corrected chi connectivity index (χ0v) is 9.41. The molecule has 1 aromatic carbocycles. The number of carbonyl (C=O) groups is 1. The van der Waals surface area contributed by atoms with Crippen LogP contribution in [-0.4, -0.2) is 44.8 Å². The van der Waals surface area contributed by atoms with Gasteiger partial charge in [-0.05, 0) is 0 Å². The van der Waals surface area contributed by atoms with E-state index in [1.165, 1.54) is 0 Å². The Hall–Kier alpha value is -2.44. The molecule has 1 rings (SSSR count). The summed E-state index contributed by atoms with van der Waals surface area (Å²) in [7, 11) is -5.47. The summed E-state index contributed by atoms with van der Waals surface area (Å²) in [5.41, 5.74) is 0. The number of ether oxygens (including phenoxy) is 1. The molecule has 0 radical (unpaired) electrons. The zero-order valence-electron chi connectivity index (χ0n) is 8.59. The molecule has 0 aromatic heterocycles. The second-order valence-electron chi connectivity index (χ2n) is 2.95. The molecule has 0 bridgehead atoms. The topological polar surface area (TPSA) is 194 Å². The quantitative estimate of drug-likeness (QED) is 0.0927. The van der Waals surface area contributed by atoms with Gasteiger partial charge >= 0.3 is 6.16 Å². The Bertz CT molecular complexity index is 631. The van der Waals surface area contributed by atoms with Crippen molar-refractivity contribution in [3.8, 4) is 28.7 Å². The van der Waals surface area contributed by atoms with Crippen LogP contribution in [0.2, 0.25) is 0 Å². The van der Waals surface area contributed by atoms with E-state index in [4.69, 9.17) is 10.4 Å². The summed E-state index contributed by atoms with van der Waals surface area (Å²) in [5, 5.41) is 44.5. The van der Waals surface area contributed by atoms with Gasteiger partial charge in [-0.2, -0.15) is 0 Å². The molecule has 0 aliphatic heterocycles. The summed E-state index contributed by atoms with van der Waals surface area (Å²) in [6.07, 6.45) is -2.05. The highest BCUT2D eigenvalue weighted by molar-refractivity contribution is 7.86. The van der Waals surface area contributed by atoms with Crippen LogP contribution in [-0.2, 0) is 10.1 Å². The standard InChI is InChI=1S/C7H6O11S/c8-1-2(9)6(19(14,15)16)3(10)5(18-13)4(1)17-7(11)12/h8-10,13H,(H,11,12)(H,14,15,16)/p-1. The summed E-state index contributed by atoms with van der Waals surface area (Å²) >= 11 is 0. The highest BCUT2D eigenvalue weighted by Crippen LogP contribution is 2.53. The van der Waals surface area contributed by atoms with Crippen molar-refractivity contribution < 1.29 is 53.1 Å². The van der Waals surface area contributed by atoms with Crippen LogP contribution in [0.25, 0.3) is 0 Å². The van der Waals surface area contributed by atoms with E-state index in [1.807, 2.05) is 0 Å². The van der Waals surface area contributed by atoms with Gasteiger partial charge in [0, 0.05) is 0 Å². The summed E-state index contributed by atoms with van der Waals surface area (Å²) in [4.78, 5) is 12.0. The highest BCUT2D eigenvalue weighted by atomic mass is 32.2. The lowest BCUT2D eigenvalue weighted by atomic mass is 10.2. The minimum Gasteiger partial charge on any atom is -0.744 e. The lowest BCUT2D eigenvalue weighted by Crippen LogP contribution is -2.07. The van der Waals surface area contributed by atoms with Crippen molar-refractivity contribution in [1.82, 2.24) is 0 Å². The molecule has 0 fully saturated rings. The monoisotopic (exact) mass is 297 g/mol. The normalized spacial score (nSPS) is 11.1. The van der Waals surface area contributed by atoms with E-state index in [0.29, 0.717) is 0 Å². The van der Waals surface area contributed by atoms with Gasteiger partial charge in [-0.15, -0.1) is 0 Å². The molecule has 1 aromatic rings. The van der Waals surface area contributed by atoms with Crippen LogP contribution in [0, 0.1) is 0 Å². The molecular formula is C7H5O11S-. The Morgan fingerprint density at radius 2 is 1.58 bits per heavy atom. The van der Waals surface area contributed by atoms with Gasteiger partial charge in [0.15, 0.2) is 11.5 Å². The van der Waals surface area contributed by atoms with E-state index in [2.05, 4.69) is 9.62 Å². The third kappa shape index (κ3) is 2.54. The van der Waals surface area contributed by atoms with Gasteiger partial charge in [0.2, 0.25) is 11.5 Å². The molecule has 0 amide bonds. The van der Waals surface area contributed by atoms with E-state index >= 15 is 0 Å². The molecule has 0 aliphatic rings. The molecule has 19 heavy (non-hydrogen) atoms. The van der Waals surface area contributed by atoms with Crippen LogP contribution in [0.15, 0.2) is 4.90 Å². The van der Waals surface area contributed by atoms with Gasteiger partial charge in [-0.3, -0.25) is 0 Å². The van der Waals surface area contributed by atoms with Crippen molar-refractivity contribution >= 4 is 16.3 Å². The number of hydrogen-bond acceptors (Lipinski definition) is 10. The molecule has 12 heteroatoms. The Morgan fingerprint density at radius 3 is 1.95 bits per heavy atom. The first-order valence-electron chi connectivity index (χ1n) is 4.10. The van der Waals surface area contributed by atoms with E-state index in [0.717, 1.165) is 0 Å². The molecule has 0 unspecified atom stereocenters. The van der Waals surface area contributed by atoms with Crippen LogP contribution in [0.3, 0.4) is 0 Å². The minimum absolute atomic E-state index is 1.31. The third-order valence-electron chi connectivity index (χ3n) is 1.82. The number of phenols is 3. The Labute approximate surface area is 104 Å². The third-order valence-corrected chi connectivity index (χ3v) is 2.71. The fraction of sp³-hybridized carbons (Fsp3) is 0. The van der Waals surface area contributed by atoms with Crippen molar-refractivity contribution in [1.29, 1.82) is 0 Å². The van der Waals surface area contributed by atoms with Crippen LogP contribution in [0.5, 0.6) is 28.7 Å². The second-order valence-corrected chi connectivity index (χ2v) is 4.26. The Kier molecular flexibility index (Phi) is 3.60. The fourth-order valence-corrected chi connectivity index (χ4v) is 1.81. The van der Waals surface area contributed by atoms with Gasteiger partial charge in [0.25, 0.3) is 5.75 Å². The molecule has 0 aliphatic carbocycles. The van der Waals surface area contributed by atoms with Gasteiger partial charge in [0.1, 0.15) is 15.0 Å². The van der Waals surface area contributed by atoms with Crippen LogP contribution in [0.1, 0.15) is 0 Å². The van der Waals surface area contributed by atoms with E-state index < -0.39 is 49.9 Å². The summed E-state index contributed by atoms with van der Waals surface area (Å²) < 4.78 is 36.1. The van der Waals surface area contributed by atoms with Crippen LogP contribution in [0.4, 0.5) is 4.79 Å². The molecule has 0 spiro atoms. The van der Waals surface area contributed by atoms with Crippen molar-refractivity contribution in [2.45, 2.75) is 4.90 Å². The van der Waals surface area contributed by atoms with Crippen molar-refractivity contribution in [2.75, 3.05) is 0 Å².